The van der Waals surface area contributed by atoms with Crippen LogP contribution in [0.1, 0.15) is 39.0 Å². The number of hydrogen-bond acceptors (Lipinski definition) is 3. The van der Waals surface area contributed by atoms with Crippen molar-refractivity contribution in [1.29, 1.82) is 0 Å². The molecule has 0 aromatic carbocycles. The topological polar surface area (TPSA) is 55.6 Å². The number of hydrogen-bond donors (Lipinski definition) is 1. The number of carbonyl (C=O) groups excluding carboxylic acids is 1. The van der Waals surface area contributed by atoms with Crippen molar-refractivity contribution in [3.8, 4) is 0 Å². The monoisotopic (exact) mass is 240 g/mol. The van der Waals surface area contributed by atoms with Crippen molar-refractivity contribution in [2.75, 3.05) is 19.7 Å². The highest BCUT2D eigenvalue weighted by Crippen LogP contribution is 2.29. The first-order valence-electron chi connectivity index (χ1n) is 6.90. The molecule has 4 nitrogen and oxygen atoms in total. The van der Waals surface area contributed by atoms with Crippen LogP contribution in [0, 0.1) is 5.92 Å². The minimum absolute atomic E-state index is 0.00400. The number of nitrogens with two attached hydrogens (primary N) is 1. The van der Waals surface area contributed by atoms with Crippen LogP contribution < -0.4 is 5.73 Å². The summed E-state index contributed by atoms with van der Waals surface area (Å²) in [6.45, 7) is 3.93. The molecule has 1 saturated heterocycles. The van der Waals surface area contributed by atoms with Gasteiger partial charge in [0.2, 0.25) is 5.91 Å². The van der Waals surface area contributed by atoms with Crippen molar-refractivity contribution < 1.29 is 9.53 Å². The van der Waals surface area contributed by atoms with Crippen molar-refractivity contribution in [3.63, 3.8) is 0 Å². The Hall–Kier alpha value is -0.610. The second-order valence-electron chi connectivity index (χ2n) is 5.13. The Morgan fingerprint density at radius 1 is 1.47 bits per heavy atom. The molecule has 2 N–H and O–H groups in total. The van der Waals surface area contributed by atoms with E-state index in [0.29, 0.717) is 19.2 Å². The van der Waals surface area contributed by atoms with Crippen molar-refractivity contribution in [3.05, 3.63) is 0 Å². The maximum absolute atomic E-state index is 12.4. The van der Waals surface area contributed by atoms with Gasteiger partial charge < -0.3 is 15.4 Å². The largest absolute Gasteiger partial charge is 0.374 e. The van der Waals surface area contributed by atoms with E-state index < -0.39 is 0 Å². The normalized spacial score (nSPS) is 30.8. The van der Waals surface area contributed by atoms with Gasteiger partial charge in [0, 0.05) is 13.1 Å². The van der Waals surface area contributed by atoms with E-state index >= 15 is 0 Å². The molecular weight excluding hydrogens is 216 g/mol. The highest BCUT2D eigenvalue weighted by atomic mass is 16.5. The van der Waals surface area contributed by atoms with Crippen LogP contribution in [0.25, 0.3) is 0 Å². The van der Waals surface area contributed by atoms with E-state index in [2.05, 4.69) is 0 Å². The molecule has 98 valence electrons. The summed E-state index contributed by atoms with van der Waals surface area (Å²) in [5.41, 5.74) is 5.68. The van der Waals surface area contributed by atoms with Crippen LogP contribution in [0.4, 0.5) is 0 Å². The summed E-state index contributed by atoms with van der Waals surface area (Å²) in [7, 11) is 0. The lowest BCUT2D eigenvalue weighted by atomic mass is 9.89. The van der Waals surface area contributed by atoms with Gasteiger partial charge >= 0.3 is 0 Å². The Labute approximate surface area is 103 Å². The quantitative estimate of drug-likeness (QED) is 0.805. The van der Waals surface area contributed by atoms with Crippen molar-refractivity contribution in [1.82, 2.24) is 4.90 Å². The summed E-state index contributed by atoms with van der Waals surface area (Å²) in [6.07, 6.45) is 5.76. The molecule has 1 amide bonds. The van der Waals surface area contributed by atoms with Gasteiger partial charge in [-0.3, -0.25) is 4.79 Å². The van der Waals surface area contributed by atoms with Gasteiger partial charge in [0.1, 0.15) is 0 Å². The van der Waals surface area contributed by atoms with Gasteiger partial charge in [0.05, 0.1) is 24.7 Å². The van der Waals surface area contributed by atoms with Gasteiger partial charge in [-0.25, -0.2) is 0 Å². The third-order valence-electron chi connectivity index (χ3n) is 4.14. The second-order valence-corrected chi connectivity index (χ2v) is 5.13. The summed E-state index contributed by atoms with van der Waals surface area (Å²) >= 11 is 0. The van der Waals surface area contributed by atoms with Crippen LogP contribution >= 0.6 is 0 Å². The number of fused-ring (bicyclic) bond motifs is 1. The summed E-state index contributed by atoms with van der Waals surface area (Å²) in [6, 6.07) is 0.311. The Morgan fingerprint density at radius 3 is 2.94 bits per heavy atom. The van der Waals surface area contributed by atoms with E-state index in [-0.39, 0.29) is 17.9 Å². The van der Waals surface area contributed by atoms with Crippen LogP contribution in [-0.2, 0) is 9.53 Å². The van der Waals surface area contributed by atoms with E-state index in [4.69, 9.17) is 10.5 Å². The summed E-state index contributed by atoms with van der Waals surface area (Å²) in [4.78, 5) is 14.5. The number of nitrogens with zero attached hydrogens (tertiary/aromatic N) is 1. The molecule has 3 atom stereocenters. The van der Waals surface area contributed by atoms with Gasteiger partial charge in [0.25, 0.3) is 0 Å². The smallest absolute Gasteiger partial charge is 0.227 e. The molecule has 4 heteroatoms. The van der Waals surface area contributed by atoms with Crippen molar-refractivity contribution in [2.45, 2.75) is 51.2 Å². The molecule has 1 aliphatic heterocycles. The molecule has 3 unspecified atom stereocenters. The predicted molar refractivity (Wildman–Crippen MR) is 66.5 cm³/mol. The minimum Gasteiger partial charge on any atom is -0.374 e. The molecule has 2 fully saturated rings. The van der Waals surface area contributed by atoms with Gasteiger partial charge in [0.15, 0.2) is 0 Å². The van der Waals surface area contributed by atoms with Crippen LogP contribution in [0.15, 0.2) is 0 Å². The van der Waals surface area contributed by atoms with Crippen molar-refractivity contribution >= 4 is 5.91 Å². The highest BCUT2D eigenvalue weighted by Gasteiger charge is 2.38. The van der Waals surface area contributed by atoms with E-state index in [1.807, 2.05) is 11.8 Å². The fourth-order valence-electron chi connectivity index (χ4n) is 3.05. The van der Waals surface area contributed by atoms with Gasteiger partial charge in [-0.05, 0) is 19.3 Å². The van der Waals surface area contributed by atoms with E-state index in [9.17, 15) is 4.79 Å². The summed E-state index contributed by atoms with van der Waals surface area (Å²) < 4.78 is 5.78. The molecule has 1 heterocycles. The predicted octanol–water partition coefficient (Wildman–Crippen LogP) is 1.14. The third-order valence-corrected chi connectivity index (χ3v) is 4.14. The van der Waals surface area contributed by atoms with E-state index in [1.54, 1.807) is 0 Å². The van der Waals surface area contributed by atoms with Crippen molar-refractivity contribution in [2.24, 2.45) is 11.7 Å². The first kappa shape index (κ1) is 12.8. The standard InChI is InChI=1S/C13H24N2O2/c1-2-10(9-14)13(16)15-7-8-17-12-6-4-3-5-11(12)15/h10-12H,2-9,14H2,1H3. The fraction of sp³-hybridized carbons (Fsp3) is 0.923. The lowest BCUT2D eigenvalue weighted by Crippen LogP contribution is -2.56. The van der Waals surface area contributed by atoms with Gasteiger partial charge in [-0.15, -0.1) is 0 Å². The highest BCUT2D eigenvalue weighted by molar-refractivity contribution is 5.79. The lowest BCUT2D eigenvalue weighted by molar-refractivity contribution is -0.153. The molecule has 17 heavy (non-hydrogen) atoms. The fourth-order valence-corrected chi connectivity index (χ4v) is 3.05. The van der Waals surface area contributed by atoms with Crippen LogP contribution in [0.5, 0.6) is 0 Å². The zero-order valence-electron chi connectivity index (χ0n) is 10.7. The molecule has 0 bridgehead atoms. The summed E-state index contributed by atoms with van der Waals surface area (Å²) in [5, 5.41) is 0. The first-order chi connectivity index (χ1) is 8.27. The second kappa shape index (κ2) is 5.83. The van der Waals surface area contributed by atoms with Gasteiger partial charge in [-0.2, -0.15) is 0 Å². The lowest BCUT2D eigenvalue weighted by Gasteiger charge is -2.44. The SMILES string of the molecule is CCC(CN)C(=O)N1CCOC2CCCCC21. The first-order valence-corrected chi connectivity index (χ1v) is 6.90. The maximum atomic E-state index is 12.4. The van der Waals surface area contributed by atoms with E-state index in [1.165, 1.54) is 12.8 Å². The van der Waals surface area contributed by atoms with Crippen LogP contribution in [0.3, 0.4) is 0 Å². The molecule has 2 aliphatic rings. The molecule has 0 aromatic heterocycles. The molecule has 0 radical (unpaired) electrons. The molecule has 1 aliphatic carbocycles. The third kappa shape index (κ3) is 2.63. The zero-order chi connectivity index (χ0) is 12.3. The van der Waals surface area contributed by atoms with Gasteiger partial charge in [-0.1, -0.05) is 19.8 Å². The molecule has 0 aromatic rings. The minimum atomic E-state index is -0.00400. The summed E-state index contributed by atoms with van der Waals surface area (Å²) in [5.74, 6) is 0.242. The van der Waals surface area contributed by atoms with Crippen LogP contribution in [0.2, 0.25) is 0 Å². The molecule has 2 rings (SSSR count). The number of rotatable bonds is 3. The number of amides is 1. The Balaban J connectivity index is 2.05. The van der Waals surface area contributed by atoms with E-state index in [0.717, 1.165) is 25.8 Å². The molecular formula is C13H24N2O2. The number of carbonyl (C=O) groups is 1. The average Bonchev–Trinajstić information content (AvgIpc) is 2.39. The van der Waals surface area contributed by atoms with Crippen LogP contribution in [-0.4, -0.2) is 42.6 Å². The Morgan fingerprint density at radius 2 is 2.24 bits per heavy atom. The molecule has 0 spiro atoms. The zero-order valence-corrected chi connectivity index (χ0v) is 10.7. The molecule has 1 saturated carbocycles. The Kier molecular flexibility index (Phi) is 4.40. The Bertz CT molecular complexity index is 264. The number of morpholine rings is 1. The number of ether oxygens (including phenoxy) is 1. The maximum Gasteiger partial charge on any atom is 0.227 e. The average molecular weight is 240 g/mol.